The average molecular weight is 279 g/mol. The Morgan fingerprint density at radius 3 is 2.35 bits per heavy atom. The zero-order valence-electron chi connectivity index (χ0n) is 13.5. The molecular weight excluding hydrogens is 246 g/mol. The van der Waals surface area contributed by atoms with E-state index in [0.717, 1.165) is 18.6 Å². The van der Waals surface area contributed by atoms with Crippen molar-refractivity contribution < 1.29 is 4.74 Å². The van der Waals surface area contributed by atoms with Crippen molar-refractivity contribution in [2.45, 2.75) is 96.2 Å². The second-order valence-electron chi connectivity index (χ2n) is 7.53. The van der Waals surface area contributed by atoms with Crippen LogP contribution in [0.25, 0.3) is 0 Å². The van der Waals surface area contributed by atoms with Gasteiger partial charge >= 0.3 is 0 Å². The van der Waals surface area contributed by atoms with Gasteiger partial charge in [-0.3, -0.25) is 0 Å². The van der Waals surface area contributed by atoms with Gasteiger partial charge in [-0.1, -0.05) is 32.1 Å². The van der Waals surface area contributed by atoms with Gasteiger partial charge in [-0.2, -0.15) is 0 Å². The molecule has 0 heterocycles. The van der Waals surface area contributed by atoms with Crippen LogP contribution in [0.3, 0.4) is 0 Å². The normalized spacial score (nSPS) is 35.1. The molecular formula is C18H33NO. The SMILES string of the molecule is CCOC1CC(N[C@H](C)C2CCCCCC2)C12CCC2. The lowest BCUT2D eigenvalue weighted by molar-refractivity contribution is -0.175. The molecule has 2 heteroatoms. The van der Waals surface area contributed by atoms with Crippen molar-refractivity contribution in [2.24, 2.45) is 11.3 Å². The molecule has 0 aromatic heterocycles. The van der Waals surface area contributed by atoms with Crippen LogP contribution in [0.5, 0.6) is 0 Å². The minimum Gasteiger partial charge on any atom is -0.378 e. The van der Waals surface area contributed by atoms with E-state index in [1.165, 1.54) is 64.2 Å². The standard InChI is InChI=1S/C18H33NO/c1-3-20-17-13-16(18(17)11-8-12-18)19-14(2)15-9-6-4-5-7-10-15/h14-17,19H,3-13H2,1-2H3/t14-,16?,17?/m1/s1. The summed E-state index contributed by atoms with van der Waals surface area (Å²) in [5.41, 5.74) is 0.523. The summed E-state index contributed by atoms with van der Waals surface area (Å²) in [6, 6.07) is 1.45. The van der Waals surface area contributed by atoms with Crippen molar-refractivity contribution in [2.75, 3.05) is 6.61 Å². The van der Waals surface area contributed by atoms with Crippen molar-refractivity contribution in [1.29, 1.82) is 0 Å². The summed E-state index contributed by atoms with van der Waals surface area (Å²) in [5, 5.41) is 4.01. The maximum atomic E-state index is 5.97. The summed E-state index contributed by atoms with van der Waals surface area (Å²) in [7, 11) is 0. The van der Waals surface area contributed by atoms with Crippen molar-refractivity contribution in [1.82, 2.24) is 5.32 Å². The van der Waals surface area contributed by atoms with E-state index in [0.29, 0.717) is 17.6 Å². The van der Waals surface area contributed by atoms with Crippen LogP contribution in [0.4, 0.5) is 0 Å². The van der Waals surface area contributed by atoms with Crippen LogP contribution in [0.15, 0.2) is 0 Å². The maximum Gasteiger partial charge on any atom is 0.0661 e. The van der Waals surface area contributed by atoms with Crippen LogP contribution in [0, 0.1) is 11.3 Å². The van der Waals surface area contributed by atoms with Crippen molar-refractivity contribution in [3.8, 4) is 0 Å². The van der Waals surface area contributed by atoms with E-state index in [1.807, 2.05) is 0 Å². The van der Waals surface area contributed by atoms with Crippen LogP contribution < -0.4 is 5.32 Å². The monoisotopic (exact) mass is 279 g/mol. The van der Waals surface area contributed by atoms with Crippen molar-refractivity contribution in [3.63, 3.8) is 0 Å². The molecule has 1 N–H and O–H groups in total. The minimum absolute atomic E-state index is 0.523. The molecule has 0 radical (unpaired) electrons. The van der Waals surface area contributed by atoms with Crippen LogP contribution in [-0.2, 0) is 4.74 Å². The summed E-state index contributed by atoms with van der Waals surface area (Å²) in [6.07, 6.45) is 14.7. The van der Waals surface area contributed by atoms with E-state index >= 15 is 0 Å². The first-order chi connectivity index (χ1) is 9.76. The highest BCUT2D eigenvalue weighted by molar-refractivity contribution is 5.12. The zero-order valence-corrected chi connectivity index (χ0v) is 13.5. The molecule has 0 aliphatic heterocycles. The average Bonchev–Trinajstić information content (AvgIpc) is 2.64. The first-order valence-electron chi connectivity index (χ1n) is 9.14. The molecule has 3 aliphatic rings. The highest BCUT2D eigenvalue weighted by Crippen LogP contribution is 2.57. The number of nitrogens with one attached hydrogen (secondary N) is 1. The van der Waals surface area contributed by atoms with Gasteiger partial charge < -0.3 is 10.1 Å². The molecule has 3 atom stereocenters. The number of hydrogen-bond acceptors (Lipinski definition) is 2. The van der Waals surface area contributed by atoms with Gasteiger partial charge in [0.25, 0.3) is 0 Å². The lowest BCUT2D eigenvalue weighted by Crippen LogP contribution is -2.68. The third-order valence-electron chi connectivity index (χ3n) is 6.51. The Balaban J connectivity index is 1.52. The predicted molar refractivity (Wildman–Crippen MR) is 83.9 cm³/mol. The summed E-state index contributed by atoms with van der Waals surface area (Å²) >= 11 is 0. The Morgan fingerprint density at radius 2 is 1.80 bits per heavy atom. The van der Waals surface area contributed by atoms with E-state index in [4.69, 9.17) is 4.74 Å². The second-order valence-corrected chi connectivity index (χ2v) is 7.53. The first kappa shape index (κ1) is 14.8. The fourth-order valence-corrected chi connectivity index (χ4v) is 4.94. The lowest BCUT2D eigenvalue weighted by atomic mass is 9.51. The molecule has 20 heavy (non-hydrogen) atoms. The molecule has 0 aromatic rings. The Morgan fingerprint density at radius 1 is 1.10 bits per heavy atom. The van der Waals surface area contributed by atoms with Gasteiger partial charge in [-0.15, -0.1) is 0 Å². The van der Waals surface area contributed by atoms with Crippen LogP contribution >= 0.6 is 0 Å². The molecule has 0 aromatic carbocycles. The highest BCUT2D eigenvalue weighted by Gasteiger charge is 2.58. The summed E-state index contributed by atoms with van der Waals surface area (Å²) in [4.78, 5) is 0. The fourth-order valence-electron chi connectivity index (χ4n) is 4.94. The Hall–Kier alpha value is -0.0800. The molecule has 3 saturated carbocycles. The summed E-state index contributed by atoms with van der Waals surface area (Å²) < 4.78 is 5.97. The van der Waals surface area contributed by atoms with Gasteiger partial charge in [-0.05, 0) is 51.9 Å². The predicted octanol–water partition coefficient (Wildman–Crippen LogP) is 4.28. The largest absolute Gasteiger partial charge is 0.378 e. The lowest BCUT2D eigenvalue weighted by Gasteiger charge is -2.62. The Labute approximate surface area is 125 Å². The summed E-state index contributed by atoms with van der Waals surface area (Å²) in [6.45, 7) is 5.47. The smallest absolute Gasteiger partial charge is 0.0661 e. The van der Waals surface area contributed by atoms with E-state index in [2.05, 4.69) is 19.2 Å². The highest BCUT2D eigenvalue weighted by atomic mass is 16.5. The van der Waals surface area contributed by atoms with Gasteiger partial charge in [-0.25, -0.2) is 0 Å². The number of rotatable bonds is 5. The van der Waals surface area contributed by atoms with Crippen LogP contribution in [0.2, 0.25) is 0 Å². The second kappa shape index (κ2) is 6.36. The van der Waals surface area contributed by atoms with E-state index in [-0.39, 0.29) is 0 Å². The topological polar surface area (TPSA) is 21.3 Å². The molecule has 3 aliphatic carbocycles. The van der Waals surface area contributed by atoms with E-state index in [9.17, 15) is 0 Å². The number of ether oxygens (including phenoxy) is 1. The Kier molecular flexibility index (Phi) is 4.72. The molecule has 3 rings (SSSR count). The maximum absolute atomic E-state index is 5.97. The minimum atomic E-state index is 0.523. The molecule has 2 nitrogen and oxygen atoms in total. The van der Waals surface area contributed by atoms with Gasteiger partial charge in [0.1, 0.15) is 0 Å². The van der Waals surface area contributed by atoms with E-state index < -0.39 is 0 Å². The molecule has 2 unspecified atom stereocenters. The van der Waals surface area contributed by atoms with Crippen molar-refractivity contribution in [3.05, 3.63) is 0 Å². The molecule has 0 amide bonds. The zero-order chi connectivity index (χ0) is 14.0. The van der Waals surface area contributed by atoms with Crippen LogP contribution in [0.1, 0.15) is 78.1 Å². The summed E-state index contributed by atoms with van der Waals surface area (Å²) in [5.74, 6) is 0.917. The molecule has 0 saturated heterocycles. The van der Waals surface area contributed by atoms with Crippen molar-refractivity contribution >= 4 is 0 Å². The molecule has 0 bridgehead atoms. The Bertz CT molecular complexity index is 305. The molecule has 1 spiro atoms. The van der Waals surface area contributed by atoms with Gasteiger partial charge in [0.2, 0.25) is 0 Å². The van der Waals surface area contributed by atoms with Gasteiger partial charge in [0.05, 0.1) is 6.10 Å². The van der Waals surface area contributed by atoms with Crippen LogP contribution in [-0.4, -0.2) is 24.8 Å². The third-order valence-corrected chi connectivity index (χ3v) is 6.51. The molecule has 3 fully saturated rings. The quantitative estimate of drug-likeness (QED) is 0.758. The number of hydrogen-bond donors (Lipinski definition) is 1. The third kappa shape index (κ3) is 2.66. The van der Waals surface area contributed by atoms with Gasteiger partial charge in [0, 0.05) is 24.1 Å². The first-order valence-corrected chi connectivity index (χ1v) is 9.14. The van der Waals surface area contributed by atoms with E-state index in [1.54, 1.807) is 0 Å². The fraction of sp³-hybridized carbons (Fsp3) is 1.00. The molecule has 116 valence electrons. The van der Waals surface area contributed by atoms with Gasteiger partial charge in [0.15, 0.2) is 0 Å².